The molecule has 0 saturated heterocycles. The highest BCUT2D eigenvalue weighted by atomic mass is 35.5. The molecule has 0 fully saturated rings. The Bertz CT molecular complexity index is 719. The summed E-state index contributed by atoms with van der Waals surface area (Å²) in [6.45, 7) is 2.58. The van der Waals surface area contributed by atoms with Crippen LogP contribution in [-0.4, -0.2) is 32.0 Å². The third-order valence-corrected chi connectivity index (χ3v) is 3.75. The van der Waals surface area contributed by atoms with Crippen LogP contribution in [0.2, 0.25) is 5.02 Å². The Morgan fingerprint density at radius 2 is 1.88 bits per heavy atom. The lowest BCUT2D eigenvalue weighted by molar-refractivity contribution is -0.123. The number of carbonyl (C=O) groups excluding carboxylic acids is 2. The molecular weight excluding hydrogens is 342 g/mol. The number of hydrogen-bond acceptors (Lipinski definition) is 4. The first-order valence-electron chi connectivity index (χ1n) is 7.99. The van der Waals surface area contributed by atoms with Crippen molar-refractivity contribution in [3.63, 3.8) is 0 Å². The van der Waals surface area contributed by atoms with Crippen molar-refractivity contribution >= 4 is 23.8 Å². The molecule has 0 bridgehead atoms. The predicted octanol–water partition coefficient (Wildman–Crippen LogP) is 3.29. The summed E-state index contributed by atoms with van der Waals surface area (Å²) in [5.41, 5.74) is 1.46. The largest absolute Gasteiger partial charge is 0.490 e. The highest BCUT2D eigenvalue weighted by molar-refractivity contribution is 6.33. The quantitative estimate of drug-likeness (QED) is 0.696. The predicted molar refractivity (Wildman–Crippen MR) is 96.7 cm³/mol. The fourth-order valence-corrected chi connectivity index (χ4v) is 2.41. The first-order valence-corrected chi connectivity index (χ1v) is 8.36. The SMILES string of the molecule is CCOc1cc(C=O)c(Cl)cc1OCC(=O)NCCc1ccccc1. The van der Waals surface area contributed by atoms with E-state index in [4.69, 9.17) is 21.1 Å². The Morgan fingerprint density at radius 3 is 2.56 bits per heavy atom. The van der Waals surface area contributed by atoms with E-state index in [-0.39, 0.29) is 17.5 Å². The Hall–Kier alpha value is -2.53. The van der Waals surface area contributed by atoms with Gasteiger partial charge >= 0.3 is 0 Å². The van der Waals surface area contributed by atoms with Gasteiger partial charge in [0.15, 0.2) is 24.4 Å². The number of aldehydes is 1. The van der Waals surface area contributed by atoms with E-state index in [1.54, 1.807) is 0 Å². The summed E-state index contributed by atoms with van der Waals surface area (Å²) >= 11 is 6.00. The molecule has 132 valence electrons. The Labute approximate surface area is 151 Å². The topological polar surface area (TPSA) is 64.6 Å². The van der Waals surface area contributed by atoms with E-state index < -0.39 is 0 Å². The third kappa shape index (κ3) is 5.80. The summed E-state index contributed by atoms with van der Waals surface area (Å²) in [4.78, 5) is 22.9. The molecule has 0 aliphatic carbocycles. The second kappa shape index (κ2) is 9.69. The minimum atomic E-state index is -0.242. The summed E-state index contributed by atoms with van der Waals surface area (Å²) in [6.07, 6.45) is 1.39. The molecule has 25 heavy (non-hydrogen) atoms. The van der Waals surface area contributed by atoms with Crippen LogP contribution in [0.5, 0.6) is 11.5 Å². The molecule has 0 aromatic heterocycles. The number of rotatable bonds is 9. The van der Waals surface area contributed by atoms with Crippen molar-refractivity contribution < 1.29 is 19.1 Å². The molecule has 0 radical (unpaired) electrons. The van der Waals surface area contributed by atoms with Crippen LogP contribution >= 0.6 is 11.6 Å². The zero-order chi connectivity index (χ0) is 18.1. The average Bonchev–Trinajstić information content (AvgIpc) is 2.62. The van der Waals surface area contributed by atoms with Gasteiger partial charge in [0.2, 0.25) is 0 Å². The van der Waals surface area contributed by atoms with Crippen molar-refractivity contribution in [3.05, 3.63) is 58.6 Å². The van der Waals surface area contributed by atoms with Crippen LogP contribution in [0.4, 0.5) is 0 Å². The molecule has 5 nitrogen and oxygen atoms in total. The smallest absolute Gasteiger partial charge is 0.257 e. The summed E-state index contributed by atoms with van der Waals surface area (Å²) in [6, 6.07) is 12.9. The fourth-order valence-electron chi connectivity index (χ4n) is 2.21. The van der Waals surface area contributed by atoms with Crippen LogP contribution in [-0.2, 0) is 11.2 Å². The van der Waals surface area contributed by atoms with Crippen molar-refractivity contribution in [2.45, 2.75) is 13.3 Å². The standard InChI is InChI=1S/C19H20ClNO4/c1-2-24-17-10-15(12-22)16(20)11-18(17)25-13-19(23)21-9-8-14-6-4-3-5-7-14/h3-7,10-12H,2,8-9,13H2,1H3,(H,21,23). The van der Waals surface area contributed by atoms with E-state index in [1.807, 2.05) is 37.3 Å². The number of hydrogen-bond donors (Lipinski definition) is 1. The molecule has 0 heterocycles. The van der Waals surface area contributed by atoms with E-state index in [0.717, 1.165) is 12.0 Å². The number of benzene rings is 2. The Balaban J connectivity index is 1.88. The second-order valence-corrected chi connectivity index (χ2v) is 5.65. The van der Waals surface area contributed by atoms with Crippen LogP contribution < -0.4 is 14.8 Å². The van der Waals surface area contributed by atoms with Gasteiger partial charge in [-0.1, -0.05) is 41.9 Å². The number of halogens is 1. The van der Waals surface area contributed by atoms with Crippen molar-refractivity contribution in [1.82, 2.24) is 5.32 Å². The summed E-state index contributed by atoms with van der Waals surface area (Å²) in [5.74, 6) is 0.468. The van der Waals surface area contributed by atoms with Crippen molar-refractivity contribution in [2.75, 3.05) is 19.8 Å². The minimum Gasteiger partial charge on any atom is -0.490 e. The van der Waals surface area contributed by atoms with Crippen molar-refractivity contribution in [1.29, 1.82) is 0 Å². The maximum Gasteiger partial charge on any atom is 0.257 e. The van der Waals surface area contributed by atoms with Gasteiger partial charge < -0.3 is 14.8 Å². The van der Waals surface area contributed by atoms with Gasteiger partial charge in [0.25, 0.3) is 5.91 Å². The number of nitrogens with one attached hydrogen (secondary N) is 1. The molecule has 1 amide bonds. The fraction of sp³-hybridized carbons (Fsp3) is 0.263. The van der Waals surface area contributed by atoms with Gasteiger partial charge in [0.05, 0.1) is 11.6 Å². The molecule has 0 unspecified atom stereocenters. The van der Waals surface area contributed by atoms with Gasteiger partial charge in [-0.2, -0.15) is 0 Å². The molecule has 6 heteroatoms. The first kappa shape index (κ1) is 18.8. The average molecular weight is 362 g/mol. The molecule has 0 aliphatic rings. The van der Waals surface area contributed by atoms with Crippen LogP contribution in [0, 0.1) is 0 Å². The number of carbonyl (C=O) groups is 2. The van der Waals surface area contributed by atoms with E-state index >= 15 is 0 Å². The van der Waals surface area contributed by atoms with Gasteiger partial charge in [-0.25, -0.2) is 0 Å². The summed E-state index contributed by atoms with van der Waals surface area (Å²) in [7, 11) is 0. The molecule has 1 N–H and O–H groups in total. The molecule has 0 saturated carbocycles. The molecule has 0 spiro atoms. The Kier molecular flexibility index (Phi) is 7.29. The third-order valence-electron chi connectivity index (χ3n) is 3.43. The van der Waals surface area contributed by atoms with Crippen molar-refractivity contribution in [3.8, 4) is 11.5 Å². The molecule has 2 aromatic rings. The lowest BCUT2D eigenvalue weighted by Crippen LogP contribution is -2.30. The second-order valence-electron chi connectivity index (χ2n) is 5.25. The first-order chi connectivity index (χ1) is 12.1. The number of amides is 1. The number of ether oxygens (including phenoxy) is 2. The van der Waals surface area contributed by atoms with Gasteiger partial charge in [-0.3, -0.25) is 9.59 Å². The zero-order valence-corrected chi connectivity index (χ0v) is 14.7. The normalized spacial score (nSPS) is 10.2. The van der Waals surface area contributed by atoms with E-state index in [9.17, 15) is 9.59 Å². The lowest BCUT2D eigenvalue weighted by Gasteiger charge is -2.13. The maximum absolute atomic E-state index is 11.9. The highest BCUT2D eigenvalue weighted by Gasteiger charge is 2.12. The molecule has 0 atom stereocenters. The molecule has 2 rings (SSSR count). The van der Waals surface area contributed by atoms with Crippen LogP contribution in [0.1, 0.15) is 22.8 Å². The van der Waals surface area contributed by atoms with Crippen molar-refractivity contribution in [2.24, 2.45) is 0 Å². The van der Waals surface area contributed by atoms with Crippen LogP contribution in [0.3, 0.4) is 0 Å². The van der Waals surface area contributed by atoms with Crippen LogP contribution in [0.25, 0.3) is 0 Å². The lowest BCUT2D eigenvalue weighted by atomic mass is 10.1. The highest BCUT2D eigenvalue weighted by Crippen LogP contribution is 2.32. The zero-order valence-electron chi connectivity index (χ0n) is 14.0. The van der Waals surface area contributed by atoms with Gasteiger partial charge in [0, 0.05) is 18.2 Å². The summed E-state index contributed by atoms with van der Waals surface area (Å²) in [5, 5.41) is 3.04. The monoisotopic (exact) mass is 361 g/mol. The molecule has 2 aromatic carbocycles. The van der Waals surface area contributed by atoms with Gasteiger partial charge in [-0.05, 0) is 25.0 Å². The van der Waals surface area contributed by atoms with E-state index in [0.29, 0.717) is 36.5 Å². The molecule has 0 aliphatic heterocycles. The minimum absolute atomic E-state index is 0.161. The maximum atomic E-state index is 11.9. The van der Waals surface area contributed by atoms with E-state index in [2.05, 4.69) is 5.32 Å². The Morgan fingerprint density at radius 1 is 1.16 bits per heavy atom. The summed E-state index contributed by atoms with van der Waals surface area (Å²) < 4.78 is 10.9. The van der Waals surface area contributed by atoms with Crippen LogP contribution in [0.15, 0.2) is 42.5 Å². The molecular formula is C19H20ClNO4. The van der Waals surface area contributed by atoms with Gasteiger partial charge in [-0.15, -0.1) is 0 Å². The van der Waals surface area contributed by atoms with Gasteiger partial charge in [0.1, 0.15) is 0 Å². The van der Waals surface area contributed by atoms with E-state index in [1.165, 1.54) is 12.1 Å².